The summed E-state index contributed by atoms with van der Waals surface area (Å²) in [5.74, 6) is 0. The van der Waals surface area contributed by atoms with Gasteiger partial charge in [0.15, 0.2) is 6.35 Å². The average Bonchev–Trinajstić information content (AvgIpc) is 2.89. The van der Waals surface area contributed by atoms with E-state index < -0.39 is 6.35 Å². The van der Waals surface area contributed by atoms with E-state index in [1.54, 1.807) is 0 Å². The van der Waals surface area contributed by atoms with Gasteiger partial charge in [0.2, 0.25) is 0 Å². The Morgan fingerprint density at radius 1 is 0.765 bits per heavy atom. The van der Waals surface area contributed by atoms with Crippen molar-refractivity contribution in [2.24, 2.45) is 0 Å². The van der Waals surface area contributed by atoms with Gasteiger partial charge in [-0.3, -0.25) is 9.80 Å². The third-order valence-corrected chi connectivity index (χ3v) is 7.31. The molecule has 4 heteroatoms. The number of rotatable bonds is 7. The van der Waals surface area contributed by atoms with Crippen molar-refractivity contribution >= 4 is 27.2 Å². The van der Waals surface area contributed by atoms with Crippen molar-refractivity contribution in [1.82, 2.24) is 9.80 Å². The van der Waals surface area contributed by atoms with Crippen molar-refractivity contribution in [3.05, 3.63) is 90.0 Å². The molecule has 1 aliphatic heterocycles. The number of nitrogens with zero attached hydrogens (tertiary/aromatic N) is 3. The summed E-state index contributed by atoms with van der Waals surface area (Å²) in [4.78, 5) is 6.71. The Bertz CT molecular complexity index is 1240. The number of anilines is 1. The van der Waals surface area contributed by atoms with Gasteiger partial charge in [0.05, 0.1) is 0 Å². The summed E-state index contributed by atoms with van der Waals surface area (Å²) in [6, 6.07) is 28.9. The van der Waals surface area contributed by atoms with E-state index in [4.69, 9.17) is 0 Å². The fourth-order valence-corrected chi connectivity index (χ4v) is 5.22. The number of hydrogen-bond donors (Lipinski definition) is 1. The largest absolute Gasteiger partial charge is 0.369 e. The topological polar surface area (TPSA) is 30.0 Å². The van der Waals surface area contributed by atoms with Crippen LogP contribution in [0.3, 0.4) is 0 Å². The Morgan fingerprint density at radius 2 is 1.41 bits per heavy atom. The van der Waals surface area contributed by atoms with Crippen LogP contribution in [-0.2, 0) is 6.42 Å². The van der Waals surface area contributed by atoms with Gasteiger partial charge < -0.3 is 10.0 Å². The summed E-state index contributed by atoms with van der Waals surface area (Å²) >= 11 is 0. The highest BCUT2D eigenvalue weighted by Gasteiger charge is 2.25. The van der Waals surface area contributed by atoms with Gasteiger partial charge in [0, 0.05) is 31.9 Å². The van der Waals surface area contributed by atoms with Crippen LogP contribution >= 0.6 is 0 Å². The molecule has 0 bridgehead atoms. The van der Waals surface area contributed by atoms with E-state index in [2.05, 4.69) is 107 Å². The van der Waals surface area contributed by atoms with Crippen molar-refractivity contribution in [3.8, 4) is 0 Å². The molecule has 0 saturated carbocycles. The Labute approximate surface area is 203 Å². The molecule has 1 N–H and O–H groups in total. The van der Waals surface area contributed by atoms with Crippen molar-refractivity contribution in [1.29, 1.82) is 0 Å². The SMILES string of the molecule is CCN(CC)C(O)N1CCN(c2ccc(Cc3cccc4cc5ccccc5cc34)cc2)CC1. The maximum absolute atomic E-state index is 10.6. The number of benzene rings is 4. The van der Waals surface area contributed by atoms with Gasteiger partial charge in [-0.15, -0.1) is 0 Å². The molecule has 34 heavy (non-hydrogen) atoms. The minimum atomic E-state index is -0.475. The minimum Gasteiger partial charge on any atom is -0.369 e. The highest BCUT2D eigenvalue weighted by Crippen LogP contribution is 2.28. The van der Waals surface area contributed by atoms with Crippen LogP contribution < -0.4 is 4.90 Å². The van der Waals surface area contributed by atoms with E-state index in [9.17, 15) is 5.11 Å². The zero-order valence-electron chi connectivity index (χ0n) is 20.3. The predicted molar refractivity (Wildman–Crippen MR) is 143 cm³/mol. The van der Waals surface area contributed by atoms with E-state index in [-0.39, 0.29) is 0 Å². The highest BCUT2D eigenvalue weighted by molar-refractivity contribution is 5.99. The predicted octanol–water partition coefficient (Wildman–Crippen LogP) is 5.32. The second-order valence-corrected chi connectivity index (χ2v) is 9.27. The van der Waals surface area contributed by atoms with Crippen LogP contribution in [0.15, 0.2) is 78.9 Å². The summed E-state index contributed by atoms with van der Waals surface area (Å²) in [6.45, 7) is 9.57. The lowest BCUT2D eigenvalue weighted by atomic mass is 9.96. The first-order chi connectivity index (χ1) is 16.7. The molecule has 176 valence electrons. The molecule has 5 rings (SSSR count). The van der Waals surface area contributed by atoms with Crippen LogP contribution in [0.5, 0.6) is 0 Å². The molecule has 0 radical (unpaired) electrons. The monoisotopic (exact) mass is 453 g/mol. The Morgan fingerprint density at radius 3 is 2.09 bits per heavy atom. The highest BCUT2D eigenvalue weighted by atomic mass is 16.3. The van der Waals surface area contributed by atoms with Crippen molar-refractivity contribution in [2.75, 3.05) is 44.2 Å². The minimum absolute atomic E-state index is 0.475. The van der Waals surface area contributed by atoms with E-state index in [0.29, 0.717) is 0 Å². The number of aliphatic hydroxyl groups is 1. The van der Waals surface area contributed by atoms with Crippen LogP contribution in [0.25, 0.3) is 21.5 Å². The smallest absolute Gasteiger partial charge is 0.165 e. The zero-order chi connectivity index (χ0) is 23.5. The molecule has 4 nitrogen and oxygen atoms in total. The van der Waals surface area contributed by atoms with Gasteiger partial charge in [-0.05, 0) is 76.4 Å². The molecule has 0 aliphatic carbocycles. The molecule has 0 amide bonds. The Balaban J connectivity index is 1.27. The molecule has 1 atom stereocenters. The maximum Gasteiger partial charge on any atom is 0.165 e. The number of piperazine rings is 1. The number of aliphatic hydroxyl groups excluding tert-OH is 1. The number of fused-ring (bicyclic) bond motifs is 2. The van der Waals surface area contributed by atoms with Gasteiger partial charge >= 0.3 is 0 Å². The molecular formula is C30H35N3O. The molecule has 1 fully saturated rings. The Kier molecular flexibility index (Phi) is 6.82. The van der Waals surface area contributed by atoms with Gasteiger partial charge in [-0.1, -0.05) is 68.4 Å². The Hall–Kier alpha value is -2.92. The molecule has 1 unspecified atom stereocenters. The summed E-state index contributed by atoms with van der Waals surface area (Å²) in [7, 11) is 0. The van der Waals surface area contributed by atoms with E-state index in [1.807, 2.05) is 0 Å². The molecule has 0 spiro atoms. The molecule has 1 saturated heterocycles. The molecule has 4 aromatic carbocycles. The van der Waals surface area contributed by atoms with E-state index in [1.165, 1.54) is 38.4 Å². The molecule has 1 heterocycles. The first-order valence-corrected chi connectivity index (χ1v) is 12.6. The maximum atomic E-state index is 10.6. The van der Waals surface area contributed by atoms with Crippen LogP contribution in [0.1, 0.15) is 25.0 Å². The second kappa shape index (κ2) is 10.1. The van der Waals surface area contributed by atoms with Crippen LogP contribution in [0, 0.1) is 0 Å². The fraction of sp³-hybridized carbons (Fsp3) is 0.333. The average molecular weight is 454 g/mol. The van der Waals surface area contributed by atoms with Crippen molar-refractivity contribution < 1.29 is 5.11 Å². The molecule has 0 aromatic heterocycles. The van der Waals surface area contributed by atoms with Crippen molar-refractivity contribution in [3.63, 3.8) is 0 Å². The van der Waals surface area contributed by atoms with Gasteiger partial charge in [0.25, 0.3) is 0 Å². The second-order valence-electron chi connectivity index (χ2n) is 9.27. The van der Waals surface area contributed by atoms with Crippen LogP contribution in [-0.4, -0.2) is 60.5 Å². The lowest BCUT2D eigenvalue weighted by molar-refractivity contribution is -0.110. The van der Waals surface area contributed by atoms with Crippen LogP contribution in [0.2, 0.25) is 0 Å². The third-order valence-electron chi connectivity index (χ3n) is 7.31. The first kappa shape index (κ1) is 22.9. The van der Waals surface area contributed by atoms with Gasteiger partial charge in [0.1, 0.15) is 0 Å². The van der Waals surface area contributed by atoms with E-state index >= 15 is 0 Å². The normalized spacial score (nSPS) is 15.9. The summed E-state index contributed by atoms with van der Waals surface area (Å²) in [6.07, 6.45) is 0.456. The first-order valence-electron chi connectivity index (χ1n) is 12.6. The fourth-order valence-electron chi connectivity index (χ4n) is 5.22. The van der Waals surface area contributed by atoms with Gasteiger partial charge in [-0.25, -0.2) is 0 Å². The van der Waals surface area contributed by atoms with Crippen molar-refractivity contribution in [2.45, 2.75) is 26.6 Å². The number of hydrogen-bond acceptors (Lipinski definition) is 4. The summed E-state index contributed by atoms with van der Waals surface area (Å²) < 4.78 is 0. The zero-order valence-corrected chi connectivity index (χ0v) is 20.3. The molecular weight excluding hydrogens is 418 g/mol. The lowest BCUT2D eigenvalue weighted by Gasteiger charge is -2.41. The summed E-state index contributed by atoms with van der Waals surface area (Å²) in [5.41, 5.74) is 3.97. The molecule has 4 aromatic rings. The van der Waals surface area contributed by atoms with E-state index in [0.717, 1.165) is 45.7 Å². The molecule has 1 aliphatic rings. The summed E-state index contributed by atoms with van der Waals surface area (Å²) in [5, 5.41) is 15.9. The third kappa shape index (κ3) is 4.67. The quantitative estimate of drug-likeness (QED) is 0.303. The van der Waals surface area contributed by atoms with Crippen LogP contribution in [0.4, 0.5) is 5.69 Å². The van der Waals surface area contributed by atoms with Gasteiger partial charge in [-0.2, -0.15) is 0 Å². The standard InChI is InChI=1S/C30H35N3O/c1-3-31(4-2)30(34)33-18-16-32(17-19-33)28-14-12-23(13-15-28)20-26-10-7-11-27-21-24-8-5-6-9-25(24)22-29(26)27/h5-15,21-22,30,34H,3-4,16-20H2,1-2H3. The lowest BCUT2D eigenvalue weighted by Crippen LogP contribution is -2.56.